The maximum absolute atomic E-state index is 12.9. The van der Waals surface area contributed by atoms with Crippen molar-refractivity contribution in [2.24, 2.45) is 0 Å². The number of anilines is 1. The summed E-state index contributed by atoms with van der Waals surface area (Å²) >= 11 is 10.5. The largest absolute Gasteiger partial charge is 0.490 e. The molecule has 0 aliphatic carbocycles. The van der Waals surface area contributed by atoms with Gasteiger partial charge in [-0.05, 0) is 72.3 Å². The summed E-state index contributed by atoms with van der Waals surface area (Å²) in [7, 11) is 0. The first-order valence-electron chi connectivity index (χ1n) is 10.1. The van der Waals surface area contributed by atoms with E-state index < -0.39 is 5.91 Å². The second kappa shape index (κ2) is 10.5. The lowest BCUT2D eigenvalue weighted by Gasteiger charge is -2.14. The Labute approximate surface area is 209 Å². The van der Waals surface area contributed by atoms with Crippen molar-refractivity contribution in [3.8, 4) is 11.5 Å². The van der Waals surface area contributed by atoms with Gasteiger partial charge < -0.3 is 9.47 Å². The standard InChI is InChI=1S/C25H19BrClNO4S/c1-2-31-22-13-17(9-12-21(22)32-15-16-7-10-18(26)11-8-16)14-23-24(29)28(25(30)33-23)20-6-4-3-5-19(20)27/h3-14H,2,15H2,1H3/b23-14-. The molecule has 2 amide bonds. The Bertz CT molecular complexity index is 1230. The van der Waals surface area contributed by atoms with Crippen LogP contribution in [0.4, 0.5) is 10.5 Å². The quantitative estimate of drug-likeness (QED) is 0.292. The van der Waals surface area contributed by atoms with Gasteiger partial charge in [-0.3, -0.25) is 9.59 Å². The SMILES string of the molecule is CCOc1cc(/C=C2\SC(=O)N(c3ccccc3Cl)C2=O)ccc1OCc1ccc(Br)cc1. The van der Waals surface area contributed by atoms with Gasteiger partial charge in [-0.1, -0.05) is 57.9 Å². The highest BCUT2D eigenvalue weighted by atomic mass is 79.9. The maximum atomic E-state index is 12.9. The average Bonchev–Trinajstić information content (AvgIpc) is 3.07. The van der Waals surface area contributed by atoms with Gasteiger partial charge in [0.25, 0.3) is 11.1 Å². The third-order valence-corrected chi connectivity index (χ3v) is 6.48. The van der Waals surface area contributed by atoms with Crippen molar-refractivity contribution >= 4 is 62.2 Å². The summed E-state index contributed by atoms with van der Waals surface area (Å²) in [4.78, 5) is 26.9. The van der Waals surface area contributed by atoms with E-state index in [4.69, 9.17) is 21.1 Å². The Morgan fingerprint density at radius 2 is 1.76 bits per heavy atom. The Morgan fingerprint density at radius 1 is 1.00 bits per heavy atom. The van der Waals surface area contributed by atoms with Crippen LogP contribution in [0.25, 0.3) is 6.08 Å². The Morgan fingerprint density at radius 3 is 2.48 bits per heavy atom. The smallest absolute Gasteiger partial charge is 0.298 e. The first-order chi connectivity index (χ1) is 16.0. The Balaban J connectivity index is 1.55. The van der Waals surface area contributed by atoms with Crippen LogP contribution in [0.2, 0.25) is 5.02 Å². The molecule has 1 aliphatic heterocycles. The second-order valence-corrected chi connectivity index (χ2v) is 9.34. The number of halogens is 2. The van der Waals surface area contributed by atoms with Crippen molar-refractivity contribution in [3.05, 3.63) is 92.3 Å². The van der Waals surface area contributed by atoms with E-state index in [1.807, 2.05) is 37.3 Å². The summed E-state index contributed by atoms with van der Waals surface area (Å²) in [6.07, 6.45) is 1.67. The predicted molar refractivity (Wildman–Crippen MR) is 136 cm³/mol. The van der Waals surface area contributed by atoms with Gasteiger partial charge in [-0.15, -0.1) is 0 Å². The fourth-order valence-corrected chi connectivity index (χ4v) is 4.52. The Hall–Kier alpha value is -2.74. The molecule has 0 aromatic heterocycles. The summed E-state index contributed by atoms with van der Waals surface area (Å²) in [5.74, 6) is 0.751. The van der Waals surface area contributed by atoms with E-state index in [0.29, 0.717) is 40.3 Å². The number of carbonyl (C=O) groups is 2. The third-order valence-electron chi connectivity index (χ3n) is 4.76. The van der Waals surface area contributed by atoms with E-state index >= 15 is 0 Å². The molecule has 0 bridgehead atoms. The number of hydrogen-bond acceptors (Lipinski definition) is 5. The molecule has 0 saturated carbocycles. The van der Waals surface area contributed by atoms with Gasteiger partial charge in [-0.2, -0.15) is 0 Å². The predicted octanol–water partition coefficient (Wildman–Crippen LogP) is 7.32. The van der Waals surface area contributed by atoms with E-state index in [0.717, 1.165) is 32.3 Å². The second-order valence-electron chi connectivity index (χ2n) is 7.02. The van der Waals surface area contributed by atoms with Gasteiger partial charge in [0, 0.05) is 4.47 Å². The lowest BCUT2D eigenvalue weighted by molar-refractivity contribution is -0.113. The van der Waals surface area contributed by atoms with Crippen LogP contribution in [0.5, 0.6) is 11.5 Å². The lowest BCUT2D eigenvalue weighted by Crippen LogP contribution is -2.27. The zero-order chi connectivity index (χ0) is 23.4. The number of benzene rings is 3. The van der Waals surface area contributed by atoms with Crippen LogP contribution in [-0.4, -0.2) is 17.8 Å². The van der Waals surface area contributed by atoms with Crippen LogP contribution in [0, 0.1) is 0 Å². The van der Waals surface area contributed by atoms with Gasteiger partial charge in [0.15, 0.2) is 11.5 Å². The molecule has 0 unspecified atom stereocenters. The van der Waals surface area contributed by atoms with Crippen molar-refractivity contribution in [1.29, 1.82) is 0 Å². The summed E-state index contributed by atoms with van der Waals surface area (Å²) in [6, 6.07) is 20.1. The number of rotatable bonds is 7. The average molecular weight is 545 g/mol. The topological polar surface area (TPSA) is 55.8 Å². The molecule has 1 saturated heterocycles. The molecule has 5 nitrogen and oxygen atoms in total. The summed E-state index contributed by atoms with van der Waals surface area (Å²) in [5.41, 5.74) is 2.12. The van der Waals surface area contributed by atoms with Crippen molar-refractivity contribution in [1.82, 2.24) is 0 Å². The number of carbonyl (C=O) groups excluding carboxylic acids is 2. The molecule has 0 radical (unpaired) electrons. The minimum Gasteiger partial charge on any atom is -0.490 e. The van der Waals surface area contributed by atoms with Gasteiger partial charge in [0.2, 0.25) is 0 Å². The molecule has 168 valence electrons. The van der Waals surface area contributed by atoms with Gasteiger partial charge in [0.1, 0.15) is 6.61 Å². The van der Waals surface area contributed by atoms with E-state index in [1.54, 1.807) is 42.5 Å². The van der Waals surface area contributed by atoms with Crippen LogP contribution >= 0.6 is 39.3 Å². The van der Waals surface area contributed by atoms with Crippen molar-refractivity contribution in [2.75, 3.05) is 11.5 Å². The molecular formula is C25H19BrClNO4S. The number of amides is 2. The molecule has 3 aromatic carbocycles. The molecule has 3 aromatic rings. The maximum Gasteiger partial charge on any atom is 0.298 e. The van der Waals surface area contributed by atoms with Crippen LogP contribution < -0.4 is 14.4 Å². The molecular weight excluding hydrogens is 526 g/mol. The number of thioether (sulfide) groups is 1. The number of nitrogens with zero attached hydrogens (tertiary/aromatic N) is 1. The van der Waals surface area contributed by atoms with Crippen LogP contribution in [0.1, 0.15) is 18.1 Å². The normalized spacial score (nSPS) is 14.8. The molecule has 0 atom stereocenters. The highest BCUT2D eigenvalue weighted by Gasteiger charge is 2.37. The van der Waals surface area contributed by atoms with E-state index in [-0.39, 0.29) is 5.24 Å². The van der Waals surface area contributed by atoms with Crippen molar-refractivity contribution in [2.45, 2.75) is 13.5 Å². The minimum absolute atomic E-state index is 0.311. The van der Waals surface area contributed by atoms with E-state index in [2.05, 4.69) is 15.9 Å². The minimum atomic E-state index is -0.411. The number of ether oxygens (including phenoxy) is 2. The number of para-hydroxylation sites is 1. The molecule has 4 rings (SSSR count). The third kappa shape index (κ3) is 5.43. The first kappa shape index (κ1) is 23.4. The van der Waals surface area contributed by atoms with E-state index in [9.17, 15) is 9.59 Å². The highest BCUT2D eigenvalue weighted by molar-refractivity contribution is 9.10. The summed E-state index contributed by atoms with van der Waals surface area (Å²) < 4.78 is 12.7. The molecule has 1 aliphatic rings. The van der Waals surface area contributed by atoms with Crippen molar-refractivity contribution < 1.29 is 19.1 Å². The molecule has 0 spiro atoms. The monoisotopic (exact) mass is 543 g/mol. The van der Waals surface area contributed by atoms with Crippen LogP contribution in [-0.2, 0) is 11.4 Å². The number of imide groups is 1. The van der Waals surface area contributed by atoms with Gasteiger partial charge in [0.05, 0.1) is 22.2 Å². The fourth-order valence-electron chi connectivity index (χ4n) is 3.20. The summed E-state index contributed by atoms with van der Waals surface area (Å²) in [6.45, 7) is 2.74. The van der Waals surface area contributed by atoms with Crippen LogP contribution in [0.15, 0.2) is 76.1 Å². The molecule has 1 fully saturated rings. The van der Waals surface area contributed by atoms with E-state index in [1.165, 1.54) is 0 Å². The first-order valence-corrected chi connectivity index (χ1v) is 12.1. The number of hydrogen-bond donors (Lipinski definition) is 0. The molecule has 8 heteroatoms. The van der Waals surface area contributed by atoms with Crippen LogP contribution in [0.3, 0.4) is 0 Å². The zero-order valence-corrected chi connectivity index (χ0v) is 20.7. The highest BCUT2D eigenvalue weighted by Crippen LogP contribution is 2.39. The molecule has 1 heterocycles. The lowest BCUT2D eigenvalue weighted by atomic mass is 10.1. The molecule has 0 N–H and O–H groups in total. The Kier molecular flexibility index (Phi) is 7.42. The van der Waals surface area contributed by atoms with Gasteiger partial charge >= 0.3 is 0 Å². The summed E-state index contributed by atoms with van der Waals surface area (Å²) in [5, 5.41) is -0.0502. The van der Waals surface area contributed by atoms with Crippen molar-refractivity contribution in [3.63, 3.8) is 0 Å². The zero-order valence-electron chi connectivity index (χ0n) is 17.6. The molecule has 33 heavy (non-hydrogen) atoms. The van der Waals surface area contributed by atoms with Gasteiger partial charge in [-0.25, -0.2) is 4.90 Å². The fraction of sp³-hybridized carbons (Fsp3) is 0.120.